The SMILES string of the molecule is O=C(COc1ccc(Cl)cc1)N1CCC(c2nccs2)CC1. The smallest absolute Gasteiger partial charge is 0.260 e. The fraction of sp³-hybridized carbons (Fsp3) is 0.375. The second-order valence-electron chi connectivity index (χ2n) is 5.27. The number of rotatable bonds is 4. The summed E-state index contributed by atoms with van der Waals surface area (Å²) in [5, 5.41) is 3.85. The Labute approximate surface area is 138 Å². The number of likely N-dealkylation sites (tertiary alicyclic amines) is 1. The van der Waals surface area contributed by atoms with Gasteiger partial charge in [0.15, 0.2) is 6.61 Å². The van der Waals surface area contributed by atoms with Gasteiger partial charge in [-0.2, -0.15) is 0 Å². The number of hydrogen-bond donors (Lipinski definition) is 0. The number of benzene rings is 1. The molecule has 0 unspecified atom stereocenters. The Bertz CT molecular complexity index is 608. The normalized spacial score (nSPS) is 15.8. The minimum Gasteiger partial charge on any atom is -0.484 e. The van der Waals surface area contributed by atoms with Gasteiger partial charge < -0.3 is 9.64 Å². The second kappa shape index (κ2) is 7.11. The number of amides is 1. The molecular weight excluding hydrogens is 320 g/mol. The molecule has 116 valence electrons. The van der Waals surface area contributed by atoms with E-state index in [2.05, 4.69) is 4.98 Å². The van der Waals surface area contributed by atoms with Crippen molar-refractivity contribution in [3.8, 4) is 5.75 Å². The molecule has 0 spiro atoms. The van der Waals surface area contributed by atoms with Gasteiger partial charge in [-0.3, -0.25) is 4.79 Å². The highest BCUT2D eigenvalue weighted by molar-refractivity contribution is 7.09. The summed E-state index contributed by atoms with van der Waals surface area (Å²) in [6, 6.07) is 7.04. The number of thiazole rings is 1. The molecule has 0 atom stereocenters. The van der Waals surface area contributed by atoms with Crippen LogP contribution in [-0.4, -0.2) is 35.5 Å². The molecule has 1 fully saturated rings. The fourth-order valence-corrected chi connectivity index (χ4v) is 3.52. The van der Waals surface area contributed by atoms with Crippen molar-refractivity contribution in [2.45, 2.75) is 18.8 Å². The number of ether oxygens (including phenoxy) is 1. The lowest BCUT2D eigenvalue weighted by molar-refractivity contribution is -0.134. The average molecular weight is 337 g/mol. The van der Waals surface area contributed by atoms with E-state index in [9.17, 15) is 4.79 Å². The number of carbonyl (C=O) groups excluding carboxylic acids is 1. The highest BCUT2D eigenvalue weighted by Gasteiger charge is 2.25. The summed E-state index contributed by atoms with van der Waals surface area (Å²) in [6.45, 7) is 1.61. The van der Waals surface area contributed by atoms with E-state index in [4.69, 9.17) is 16.3 Å². The molecule has 4 nitrogen and oxygen atoms in total. The van der Waals surface area contributed by atoms with Crippen LogP contribution in [0.15, 0.2) is 35.8 Å². The van der Waals surface area contributed by atoms with Crippen LogP contribution in [0.3, 0.4) is 0 Å². The Morgan fingerprint density at radius 3 is 2.68 bits per heavy atom. The lowest BCUT2D eigenvalue weighted by Gasteiger charge is -2.31. The topological polar surface area (TPSA) is 42.4 Å². The van der Waals surface area contributed by atoms with Crippen molar-refractivity contribution in [3.05, 3.63) is 45.9 Å². The summed E-state index contributed by atoms with van der Waals surface area (Å²) in [5.74, 6) is 1.18. The van der Waals surface area contributed by atoms with E-state index in [1.165, 1.54) is 5.01 Å². The number of halogens is 1. The number of aromatic nitrogens is 1. The molecule has 3 rings (SSSR count). The van der Waals surface area contributed by atoms with Gasteiger partial charge in [-0.25, -0.2) is 4.98 Å². The molecule has 1 aromatic carbocycles. The van der Waals surface area contributed by atoms with Crippen LogP contribution >= 0.6 is 22.9 Å². The summed E-state index contributed by atoms with van der Waals surface area (Å²) < 4.78 is 5.51. The molecule has 0 aliphatic carbocycles. The Morgan fingerprint density at radius 2 is 2.05 bits per heavy atom. The van der Waals surface area contributed by atoms with Gasteiger partial charge in [0.05, 0.1) is 5.01 Å². The molecule has 0 N–H and O–H groups in total. The molecule has 1 aliphatic heterocycles. The second-order valence-corrected chi connectivity index (χ2v) is 6.63. The van der Waals surface area contributed by atoms with Gasteiger partial charge >= 0.3 is 0 Å². The van der Waals surface area contributed by atoms with Gasteiger partial charge in [0.1, 0.15) is 5.75 Å². The standard InChI is InChI=1S/C16H17ClN2O2S/c17-13-1-3-14(4-2-13)21-11-15(20)19-8-5-12(6-9-19)16-18-7-10-22-16/h1-4,7,10,12H,5-6,8-9,11H2. The van der Waals surface area contributed by atoms with Gasteiger partial charge in [-0.05, 0) is 37.1 Å². The van der Waals surface area contributed by atoms with Crippen LogP contribution in [0.2, 0.25) is 5.02 Å². The van der Waals surface area contributed by atoms with Crippen LogP contribution in [0.1, 0.15) is 23.8 Å². The van der Waals surface area contributed by atoms with Gasteiger partial charge in [-0.1, -0.05) is 11.6 Å². The summed E-state index contributed by atoms with van der Waals surface area (Å²) in [6.07, 6.45) is 3.79. The Balaban J connectivity index is 1.46. The van der Waals surface area contributed by atoms with Crippen LogP contribution in [0.25, 0.3) is 0 Å². The molecular formula is C16H17ClN2O2S. The Hall–Kier alpha value is -1.59. The monoisotopic (exact) mass is 336 g/mol. The summed E-state index contributed by atoms with van der Waals surface area (Å²) in [7, 11) is 0. The van der Waals surface area contributed by atoms with E-state index < -0.39 is 0 Å². The Kier molecular flexibility index (Phi) is 4.95. The van der Waals surface area contributed by atoms with Crippen LogP contribution in [0.4, 0.5) is 0 Å². The van der Waals surface area contributed by atoms with Crippen LogP contribution in [0, 0.1) is 0 Å². The first kappa shape index (κ1) is 15.3. The molecule has 1 aromatic heterocycles. The molecule has 1 aliphatic rings. The van der Waals surface area contributed by atoms with E-state index in [1.54, 1.807) is 35.6 Å². The van der Waals surface area contributed by atoms with E-state index in [-0.39, 0.29) is 12.5 Å². The largest absolute Gasteiger partial charge is 0.484 e. The van der Waals surface area contributed by atoms with Gasteiger partial charge in [0.2, 0.25) is 0 Å². The molecule has 1 amide bonds. The zero-order valence-electron chi connectivity index (χ0n) is 12.1. The number of nitrogens with zero attached hydrogens (tertiary/aromatic N) is 2. The molecule has 0 bridgehead atoms. The first-order valence-electron chi connectivity index (χ1n) is 7.28. The fourth-order valence-electron chi connectivity index (χ4n) is 2.58. The lowest BCUT2D eigenvalue weighted by Crippen LogP contribution is -2.40. The highest BCUT2D eigenvalue weighted by Crippen LogP contribution is 2.29. The number of carbonyl (C=O) groups is 1. The molecule has 1 saturated heterocycles. The van der Waals surface area contributed by atoms with E-state index in [0.717, 1.165) is 25.9 Å². The minimum absolute atomic E-state index is 0.0348. The van der Waals surface area contributed by atoms with Gasteiger partial charge in [0.25, 0.3) is 5.91 Å². The molecule has 0 saturated carbocycles. The van der Waals surface area contributed by atoms with Crippen molar-refractivity contribution in [1.82, 2.24) is 9.88 Å². The van der Waals surface area contributed by atoms with E-state index >= 15 is 0 Å². The first-order valence-corrected chi connectivity index (χ1v) is 8.53. The molecule has 6 heteroatoms. The third-order valence-electron chi connectivity index (χ3n) is 3.82. The maximum Gasteiger partial charge on any atom is 0.260 e. The third kappa shape index (κ3) is 3.78. The molecule has 2 heterocycles. The summed E-state index contributed by atoms with van der Waals surface area (Å²) >= 11 is 7.51. The predicted octanol–water partition coefficient (Wildman–Crippen LogP) is 3.58. The quantitative estimate of drug-likeness (QED) is 0.857. The molecule has 22 heavy (non-hydrogen) atoms. The summed E-state index contributed by atoms with van der Waals surface area (Å²) in [5.41, 5.74) is 0. The van der Waals surface area contributed by atoms with Gasteiger partial charge in [-0.15, -0.1) is 11.3 Å². The van der Waals surface area contributed by atoms with E-state index in [1.807, 2.05) is 16.5 Å². The van der Waals surface area contributed by atoms with E-state index in [0.29, 0.717) is 16.7 Å². The number of hydrogen-bond acceptors (Lipinski definition) is 4. The number of piperidine rings is 1. The maximum absolute atomic E-state index is 12.2. The Morgan fingerprint density at radius 1 is 1.32 bits per heavy atom. The summed E-state index contributed by atoms with van der Waals surface area (Å²) in [4.78, 5) is 18.4. The predicted molar refractivity (Wildman–Crippen MR) is 87.6 cm³/mol. The van der Waals surface area contributed by atoms with Crippen LogP contribution in [0.5, 0.6) is 5.75 Å². The lowest BCUT2D eigenvalue weighted by atomic mass is 9.97. The average Bonchev–Trinajstić information content (AvgIpc) is 3.09. The third-order valence-corrected chi connectivity index (χ3v) is 5.01. The molecule has 0 radical (unpaired) electrons. The maximum atomic E-state index is 12.2. The van der Waals surface area contributed by atoms with Crippen molar-refractivity contribution in [1.29, 1.82) is 0 Å². The zero-order chi connectivity index (χ0) is 15.4. The van der Waals surface area contributed by atoms with Crippen molar-refractivity contribution in [3.63, 3.8) is 0 Å². The zero-order valence-corrected chi connectivity index (χ0v) is 13.6. The first-order chi connectivity index (χ1) is 10.7. The van der Waals surface area contributed by atoms with Crippen molar-refractivity contribution in [2.75, 3.05) is 19.7 Å². The molecule has 2 aromatic rings. The van der Waals surface area contributed by atoms with Gasteiger partial charge in [0, 0.05) is 35.6 Å². The minimum atomic E-state index is 0.0348. The van der Waals surface area contributed by atoms with Crippen LogP contribution in [-0.2, 0) is 4.79 Å². The van der Waals surface area contributed by atoms with Crippen molar-refractivity contribution in [2.24, 2.45) is 0 Å². The highest BCUT2D eigenvalue weighted by atomic mass is 35.5. The van der Waals surface area contributed by atoms with Crippen LogP contribution < -0.4 is 4.74 Å². The van der Waals surface area contributed by atoms with Crippen molar-refractivity contribution < 1.29 is 9.53 Å². The van der Waals surface area contributed by atoms with Crippen molar-refractivity contribution >= 4 is 28.8 Å².